The molecule has 7 heteroatoms. The average molecular weight is 509 g/mol. The number of carbonyl (C=O) groups is 1. The number of ether oxygens (including phenoxy) is 4. The lowest BCUT2D eigenvalue weighted by Crippen LogP contribution is -2.50. The number of nitrogens with zero attached hydrogens (tertiary/aromatic N) is 2. The minimum absolute atomic E-state index is 0.276. The van der Waals surface area contributed by atoms with Gasteiger partial charge in [-0.25, -0.2) is 0 Å². The predicted molar refractivity (Wildman–Crippen MR) is 143 cm³/mol. The highest BCUT2D eigenvalue weighted by Gasteiger charge is 2.42. The number of likely N-dealkylation sites (tertiary alicyclic amines) is 1. The van der Waals surface area contributed by atoms with E-state index >= 15 is 0 Å². The highest BCUT2D eigenvalue weighted by atomic mass is 16.5. The molecular weight excluding hydrogens is 468 g/mol. The van der Waals surface area contributed by atoms with Crippen molar-refractivity contribution >= 4 is 5.91 Å². The Balaban J connectivity index is 1.26. The van der Waals surface area contributed by atoms with Crippen molar-refractivity contribution in [1.29, 1.82) is 0 Å². The van der Waals surface area contributed by atoms with E-state index in [1.54, 1.807) is 7.11 Å². The van der Waals surface area contributed by atoms with Crippen molar-refractivity contribution in [2.45, 2.75) is 51.5 Å². The van der Waals surface area contributed by atoms with Gasteiger partial charge in [0, 0.05) is 31.6 Å². The fraction of sp³-hybridized carbons (Fsp3) is 0.567. The number of fused-ring (bicyclic) bond motifs is 2. The minimum Gasteiger partial charge on any atom is -0.496 e. The Bertz CT molecular complexity index is 1080. The number of rotatable bonds is 3. The van der Waals surface area contributed by atoms with Crippen molar-refractivity contribution in [3.63, 3.8) is 0 Å². The van der Waals surface area contributed by atoms with Crippen LogP contribution in [0.1, 0.15) is 49.7 Å². The monoisotopic (exact) mass is 508 g/mol. The summed E-state index contributed by atoms with van der Waals surface area (Å²) in [4.78, 5) is 18.1. The summed E-state index contributed by atoms with van der Waals surface area (Å²) < 4.78 is 23.5. The molecule has 0 bridgehead atoms. The maximum Gasteiger partial charge on any atom is 0.228 e. The zero-order valence-corrected chi connectivity index (χ0v) is 22.3. The maximum atomic E-state index is 13.7. The first kappa shape index (κ1) is 25.7. The van der Waals surface area contributed by atoms with Crippen LogP contribution in [0.4, 0.5) is 0 Å². The number of benzene rings is 2. The molecule has 0 radical (unpaired) electrons. The highest BCUT2D eigenvalue weighted by molar-refractivity contribution is 5.82. The normalized spacial score (nSPS) is 20.7. The number of hydrogen-bond donors (Lipinski definition) is 0. The van der Waals surface area contributed by atoms with Crippen LogP contribution in [0.3, 0.4) is 0 Å². The highest BCUT2D eigenvalue weighted by Crippen LogP contribution is 2.41. The lowest BCUT2D eigenvalue weighted by molar-refractivity contribution is -0.145. The van der Waals surface area contributed by atoms with Crippen LogP contribution in [0.25, 0.3) is 0 Å². The first-order valence-electron chi connectivity index (χ1n) is 13.7. The second kappa shape index (κ2) is 11.6. The SMILES string of the molecule is COc1cc2c(cc1CN1CCC3(CCCCc4ccccc4OCCN(C)C3=O)CC1)OCCCO2. The number of piperidine rings is 1. The van der Waals surface area contributed by atoms with E-state index in [2.05, 4.69) is 23.1 Å². The maximum absolute atomic E-state index is 13.7. The second-order valence-corrected chi connectivity index (χ2v) is 10.6. The molecule has 3 aliphatic rings. The van der Waals surface area contributed by atoms with Crippen LogP contribution in [0.15, 0.2) is 36.4 Å². The van der Waals surface area contributed by atoms with Gasteiger partial charge in [-0.3, -0.25) is 9.69 Å². The van der Waals surface area contributed by atoms with Crippen LogP contribution >= 0.6 is 0 Å². The van der Waals surface area contributed by atoms with Gasteiger partial charge in [-0.05, 0) is 62.9 Å². The van der Waals surface area contributed by atoms with E-state index in [-0.39, 0.29) is 11.3 Å². The molecular formula is C30H40N2O5. The molecule has 1 saturated heterocycles. The largest absolute Gasteiger partial charge is 0.496 e. The zero-order valence-electron chi connectivity index (χ0n) is 22.3. The van der Waals surface area contributed by atoms with Gasteiger partial charge < -0.3 is 23.8 Å². The third-order valence-corrected chi connectivity index (χ3v) is 8.17. The molecule has 37 heavy (non-hydrogen) atoms. The molecule has 1 spiro atoms. The third kappa shape index (κ3) is 5.82. The van der Waals surface area contributed by atoms with Crippen molar-refractivity contribution in [1.82, 2.24) is 9.80 Å². The van der Waals surface area contributed by atoms with Crippen molar-refractivity contribution in [2.24, 2.45) is 5.41 Å². The topological polar surface area (TPSA) is 60.5 Å². The van der Waals surface area contributed by atoms with E-state index in [1.807, 2.05) is 30.1 Å². The van der Waals surface area contributed by atoms with Gasteiger partial charge in [0.05, 0.1) is 32.3 Å². The number of carbonyl (C=O) groups excluding carboxylic acids is 1. The summed E-state index contributed by atoms with van der Waals surface area (Å²) in [5, 5.41) is 0. The summed E-state index contributed by atoms with van der Waals surface area (Å²) in [5.74, 6) is 3.60. The molecule has 2 aromatic rings. The van der Waals surface area contributed by atoms with Gasteiger partial charge in [-0.15, -0.1) is 0 Å². The molecule has 0 N–H and O–H groups in total. The number of amides is 1. The molecule has 2 aromatic carbocycles. The molecule has 5 rings (SSSR count). The zero-order chi connectivity index (χ0) is 25.7. The average Bonchev–Trinajstić information content (AvgIpc) is 3.16. The van der Waals surface area contributed by atoms with Crippen LogP contribution in [-0.4, -0.2) is 69.3 Å². The van der Waals surface area contributed by atoms with E-state index in [0.717, 1.165) is 93.1 Å². The van der Waals surface area contributed by atoms with Crippen LogP contribution < -0.4 is 18.9 Å². The van der Waals surface area contributed by atoms with Gasteiger partial charge in [0.1, 0.15) is 18.1 Å². The fourth-order valence-corrected chi connectivity index (χ4v) is 5.93. The molecule has 0 unspecified atom stereocenters. The van der Waals surface area contributed by atoms with E-state index < -0.39 is 0 Å². The lowest BCUT2D eigenvalue weighted by Gasteiger charge is -2.43. The van der Waals surface area contributed by atoms with Gasteiger partial charge in [0.25, 0.3) is 0 Å². The number of para-hydroxylation sites is 1. The summed E-state index contributed by atoms with van der Waals surface area (Å²) in [6, 6.07) is 12.3. The van der Waals surface area contributed by atoms with Gasteiger partial charge in [0.2, 0.25) is 5.91 Å². The van der Waals surface area contributed by atoms with Crippen LogP contribution in [0, 0.1) is 5.41 Å². The molecule has 200 valence electrons. The number of methoxy groups -OCH3 is 1. The Morgan fingerprint density at radius 2 is 1.59 bits per heavy atom. The van der Waals surface area contributed by atoms with E-state index in [1.165, 1.54) is 5.56 Å². The molecule has 3 aliphatic heterocycles. The quantitative estimate of drug-likeness (QED) is 0.599. The number of likely N-dealkylation sites (N-methyl/N-ethyl adjacent to an activating group) is 1. The molecule has 1 fully saturated rings. The van der Waals surface area contributed by atoms with Crippen LogP contribution in [-0.2, 0) is 17.8 Å². The minimum atomic E-state index is -0.293. The summed E-state index contributed by atoms with van der Waals surface area (Å²) in [5.41, 5.74) is 2.07. The Labute approximate surface area is 220 Å². The molecule has 7 nitrogen and oxygen atoms in total. The Morgan fingerprint density at radius 1 is 0.865 bits per heavy atom. The van der Waals surface area contributed by atoms with Crippen molar-refractivity contribution in [2.75, 3.05) is 53.6 Å². The number of hydrogen-bond acceptors (Lipinski definition) is 6. The first-order valence-corrected chi connectivity index (χ1v) is 13.7. The molecule has 0 aliphatic carbocycles. The van der Waals surface area contributed by atoms with Crippen molar-refractivity contribution in [3.8, 4) is 23.0 Å². The Morgan fingerprint density at radius 3 is 2.38 bits per heavy atom. The fourth-order valence-electron chi connectivity index (χ4n) is 5.93. The summed E-state index contributed by atoms with van der Waals surface area (Å²) in [6.07, 6.45) is 6.68. The first-order chi connectivity index (χ1) is 18.1. The third-order valence-electron chi connectivity index (χ3n) is 8.17. The van der Waals surface area contributed by atoms with E-state index in [0.29, 0.717) is 26.4 Å². The molecule has 0 saturated carbocycles. The van der Waals surface area contributed by atoms with E-state index in [4.69, 9.17) is 18.9 Å². The summed E-state index contributed by atoms with van der Waals surface area (Å²) >= 11 is 0. The van der Waals surface area contributed by atoms with Gasteiger partial charge >= 0.3 is 0 Å². The van der Waals surface area contributed by atoms with Crippen molar-refractivity contribution < 1.29 is 23.7 Å². The van der Waals surface area contributed by atoms with Gasteiger partial charge in [-0.2, -0.15) is 0 Å². The van der Waals surface area contributed by atoms with Crippen LogP contribution in [0.2, 0.25) is 0 Å². The van der Waals surface area contributed by atoms with Crippen molar-refractivity contribution in [3.05, 3.63) is 47.5 Å². The predicted octanol–water partition coefficient (Wildman–Crippen LogP) is 4.70. The second-order valence-electron chi connectivity index (χ2n) is 10.6. The lowest BCUT2D eigenvalue weighted by atomic mass is 9.73. The van der Waals surface area contributed by atoms with Gasteiger partial charge in [0.15, 0.2) is 11.5 Å². The van der Waals surface area contributed by atoms with Gasteiger partial charge in [-0.1, -0.05) is 24.6 Å². The molecule has 1 amide bonds. The van der Waals surface area contributed by atoms with E-state index in [9.17, 15) is 4.79 Å². The molecule has 0 atom stereocenters. The number of aryl methyl sites for hydroxylation is 1. The standard InChI is InChI=1S/C30H40N2O5/c1-31-16-19-37-25-10-4-3-8-23(25)9-5-6-11-30(29(31)33)12-14-32(15-13-30)22-24-20-27-28(21-26(24)34-2)36-18-7-17-35-27/h3-4,8,10,20-21H,5-7,9,11-19,22H2,1-2H3. The molecule has 0 aromatic heterocycles. The Kier molecular flexibility index (Phi) is 8.08. The smallest absolute Gasteiger partial charge is 0.228 e. The van der Waals surface area contributed by atoms with Crippen LogP contribution in [0.5, 0.6) is 23.0 Å². The summed E-state index contributed by atoms with van der Waals surface area (Å²) in [6.45, 7) is 4.98. The molecule has 3 heterocycles. The summed E-state index contributed by atoms with van der Waals surface area (Å²) in [7, 11) is 3.63. The Hall–Kier alpha value is -2.93.